The molecule has 2 aromatic rings. The van der Waals surface area contributed by atoms with Gasteiger partial charge in [0.2, 0.25) is 11.9 Å². The molecule has 3 saturated heterocycles. The van der Waals surface area contributed by atoms with E-state index in [0.717, 1.165) is 57.8 Å². The molecule has 53 heavy (non-hydrogen) atoms. The van der Waals surface area contributed by atoms with Gasteiger partial charge < -0.3 is 18.7 Å². The van der Waals surface area contributed by atoms with E-state index in [4.69, 9.17) is 14.2 Å². The maximum absolute atomic E-state index is 15.0. The number of esters is 2. The van der Waals surface area contributed by atoms with Gasteiger partial charge in [0.25, 0.3) is 0 Å². The molecule has 1 spiro atoms. The summed E-state index contributed by atoms with van der Waals surface area (Å²) in [5.74, 6) is -0.572. The average Bonchev–Trinajstić information content (AvgIpc) is 3.94. The van der Waals surface area contributed by atoms with E-state index in [2.05, 4.69) is 6.92 Å². The fourth-order valence-corrected chi connectivity index (χ4v) is 10.6. The molecule has 6 rings (SSSR count). The van der Waals surface area contributed by atoms with Gasteiger partial charge in [-0.3, -0.25) is 4.79 Å². The number of nitrogens with zero attached hydrogens (tertiary/aromatic N) is 1. The monoisotopic (exact) mass is 729 g/mol. The predicted octanol–water partition coefficient (Wildman–Crippen LogP) is 11.3. The van der Waals surface area contributed by atoms with Crippen molar-refractivity contribution in [1.82, 2.24) is 0 Å². The van der Waals surface area contributed by atoms with Gasteiger partial charge in [-0.15, -0.1) is 0 Å². The molecule has 3 aliphatic heterocycles. The molecule has 0 radical (unpaired) electrons. The molecule has 1 saturated carbocycles. The van der Waals surface area contributed by atoms with Crippen LogP contribution in [-0.4, -0.2) is 54.0 Å². The first-order valence-electron chi connectivity index (χ1n) is 22.1. The number of quaternary nitrogens is 1. The van der Waals surface area contributed by atoms with E-state index < -0.39 is 11.9 Å². The number of unbranched alkanes of at least 4 members (excludes halogenated alkanes) is 12. The second kappa shape index (κ2) is 20.3. The van der Waals surface area contributed by atoms with Gasteiger partial charge in [0.1, 0.15) is 6.10 Å². The highest BCUT2D eigenvalue weighted by molar-refractivity contribution is 5.86. The van der Waals surface area contributed by atoms with Crippen molar-refractivity contribution in [3.8, 4) is 0 Å². The lowest BCUT2D eigenvalue weighted by Crippen LogP contribution is -2.60. The van der Waals surface area contributed by atoms with Crippen molar-refractivity contribution in [2.24, 2.45) is 5.92 Å². The van der Waals surface area contributed by atoms with Crippen molar-refractivity contribution in [3.63, 3.8) is 0 Å². The molecular weight excluding hydrogens is 659 g/mol. The summed E-state index contributed by atoms with van der Waals surface area (Å²) in [6.45, 7) is 4.84. The zero-order chi connectivity index (χ0) is 36.8. The Kier molecular flexibility index (Phi) is 15.3. The maximum Gasteiger partial charge on any atom is 0.348 e. The third kappa shape index (κ3) is 10.1. The van der Waals surface area contributed by atoms with Crippen molar-refractivity contribution < 1.29 is 28.3 Å². The molecule has 292 valence electrons. The summed E-state index contributed by atoms with van der Waals surface area (Å²) in [4.78, 5) is 28.6. The Morgan fingerprint density at radius 3 is 1.66 bits per heavy atom. The summed E-state index contributed by atoms with van der Waals surface area (Å²) in [6.07, 6.45) is 26.7. The van der Waals surface area contributed by atoms with Crippen molar-refractivity contribution >= 4 is 11.9 Å². The van der Waals surface area contributed by atoms with E-state index in [1.165, 1.54) is 107 Å². The first-order chi connectivity index (χ1) is 26.0. The van der Waals surface area contributed by atoms with Crippen LogP contribution in [0.3, 0.4) is 0 Å². The Hall–Kier alpha value is -2.70. The number of rotatable bonds is 22. The Bertz CT molecular complexity index is 1310. The minimum atomic E-state index is -1.55. The van der Waals surface area contributed by atoms with Crippen LogP contribution in [0.25, 0.3) is 0 Å². The van der Waals surface area contributed by atoms with Crippen LogP contribution >= 0.6 is 0 Å². The molecule has 3 unspecified atom stereocenters. The van der Waals surface area contributed by atoms with Crippen molar-refractivity contribution in [3.05, 3.63) is 71.8 Å². The molecule has 2 bridgehead atoms. The second-order valence-electron chi connectivity index (χ2n) is 17.1. The summed E-state index contributed by atoms with van der Waals surface area (Å²) >= 11 is 0. The van der Waals surface area contributed by atoms with E-state index >= 15 is 4.79 Å². The SMILES string of the molecule is CCCCCCCCCCCCCCCC(=O)OC(OC(C(=O)OC1CC2CCC(C1)[N+]21CCCC1)(c1ccccc1)c1ccccc1)C1CCCC1. The molecule has 1 aliphatic carbocycles. The smallest absolute Gasteiger partial charge is 0.348 e. The maximum atomic E-state index is 15.0. The third-order valence-electron chi connectivity index (χ3n) is 13.5. The molecular formula is C47H70NO5+. The molecule has 0 aromatic heterocycles. The molecule has 0 N–H and O–H groups in total. The summed E-state index contributed by atoms with van der Waals surface area (Å²) in [5.41, 5.74) is -0.121. The van der Waals surface area contributed by atoms with Crippen LogP contribution in [0.5, 0.6) is 0 Å². The molecule has 6 nitrogen and oxygen atoms in total. The zero-order valence-electron chi connectivity index (χ0n) is 33.0. The van der Waals surface area contributed by atoms with E-state index in [0.29, 0.717) is 29.6 Å². The highest BCUT2D eigenvalue weighted by atomic mass is 16.7. The minimum Gasteiger partial charge on any atom is -0.459 e. The van der Waals surface area contributed by atoms with Gasteiger partial charge in [-0.05, 0) is 30.4 Å². The Labute approximate surface area is 321 Å². The highest BCUT2D eigenvalue weighted by Crippen LogP contribution is 2.47. The Morgan fingerprint density at radius 2 is 1.15 bits per heavy atom. The lowest BCUT2D eigenvalue weighted by atomic mass is 9.85. The van der Waals surface area contributed by atoms with Crippen LogP contribution in [0.4, 0.5) is 0 Å². The highest BCUT2D eigenvalue weighted by Gasteiger charge is 2.57. The Morgan fingerprint density at radius 1 is 0.660 bits per heavy atom. The van der Waals surface area contributed by atoms with Crippen LogP contribution in [0.2, 0.25) is 0 Å². The largest absolute Gasteiger partial charge is 0.459 e. The van der Waals surface area contributed by atoms with Gasteiger partial charge in [0.05, 0.1) is 25.2 Å². The van der Waals surface area contributed by atoms with Gasteiger partial charge in [0, 0.05) is 50.9 Å². The number of hydrogen-bond donors (Lipinski definition) is 0. The number of carbonyl (C=O) groups is 2. The van der Waals surface area contributed by atoms with E-state index in [1.807, 2.05) is 60.7 Å². The quantitative estimate of drug-likeness (QED) is 0.0523. The summed E-state index contributed by atoms with van der Waals surface area (Å²) < 4.78 is 21.4. The Balaban J connectivity index is 1.10. The fraction of sp³-hybridized carbons (Fsp3) is 0.702. The van der Waals surface area contributed by atoms with Gasteiger partial charge in [-0.1, -0.05) is 157 Å². The van der Waals surface area contributed by atoms with Gasteiger partial charge in [0.15, 0.2) is 0 Å². The van der Waals surface area contributed by atoms with E-state index in [-0.39, 0.29) is 24.0 Å². The molecule has 0 amide bonds. The predicted molar refractivity (Wildman–Crippen MR) is 212 cm³/mol. The first-order valence-corrected chi connectivity index (χ1v) is 22.1. The van der Waals surface area contributed by atoms with Crippen LogP contribution in [0, 0.1) is 5.92 Å². The zero-order valence-corrected chi connectivity index (χ0v) is 33.0. The third-order valence-corrected chi connectivity index (χ3v) is 13.5. The normalized spacial score (nSPS) is 23.0. The van der Waals surface area contributed by atoms with Gasteiger partial charge >= 0.3 is 11.9 Å². The summed E-state index contributed by atoms with van der Waals surface area (Å²) in [7, 11) is 0. The summed E-state index contributed by atoms with van der Waals surface area (Å²) in [6, 6.07) is 20.8. The number of benzene rings is 2. The lowest BCUT2D eigenvalue weighted by molar-refractivity contribution is -0.956. The van der Waals surface area contributed by atoms with Crippen LogP contribution in [0.1, 0.15) is 172 Å². The van der Waals surface area contributed by atoms with Crippen molar-refractivity contribution in [2.45, 2.75) is 191 Å². The molecule has 3 atom stereocenters. The van der Waals surface area contributed by atoms with Crippen LogP contribution in [-0.2, 0) is 29.4 Å². The molecule has 3 heterocycles. The lowest BCUT2D eigenvalue weighted by Gasteiger charge is -2.47. The molecule has 4 fully saturated rings. The number of piperidine rings is 1. The van der Waals surface area contributed by atoms with Crippen LogP contribution in [0.15, 0.2) is 60.7 Å². The molecule has 4 aliphatic rings. The minimum absolute atomic E-state index is 0.0373. The van der Waals surface area contributed by atoms with E-state index in [9.17, 15) is 4.79 Å². The van der Waals surface area contributed by atoms with Crippen molar-refractivity contribution in [1.29, 1.82) is 0 Å². The molecule has 6 heteroatoms. The number of hydrogen-bond acceptors (Lipinski definition) is 5. The summed E-state index contributed by atoms with van der Waals surface area (Å²) in [5, 5.41) is 0. The topological polar surface area (TPSA) is 61.8 Å². The van der Waals surface area contributed by atoms with Gasteiger partial charge in [-0.25, -0.2) is 4.79 Å². The standard InChI is InChI=1S/C47H70NO5/c1-2-3-4-5-6-7-8-9-10-11-12-13-20-31-44(49)52-45(38-25-21-22-26-38)53-47(39-27-16-14-17-28-39,40-29-18-15-19-30-40)46(50)51-43-36-41-32-33-42(37-43)48(41)34-23-24-35-48/h14-19,27-30,38,41-43,45H,2-13,20-26,31-37H2,1H3/q+1. The average molecular weight is 729 g/mol. The van der Waals surface area contributed by atoms with Crippen LogP contribution < -0.4 is 0 Å². The number of carbonyl (C=O) groups excluding carboxylic acids is 2. The van der Waals surface area contributed by atoms with Crippen molar-refractivity contribution in [2.75, 3.05) is 13.1 Å². The molecule has 2 aromatic carbocycles. The first kappa shape index (κ1) is 40.0. The van der Waals surface area contributed by atoms with Gasteiger partial charge in [-0.2, -0.15) is 0 Å². The fourth-order valence-electron chi connectivity index (χ4n) is 10.6. The number of ether oxygens (including phenoxy) is 3. The van der Waals surface area contributed by atoms with E-state index in [1.54, 1.807) is 0 Å². The second-order valence-corrected chi connectivity index (χ2v) is 17.1.